The number of rotatable bonds is 7. The number of halogens is 1. The molecular formula is C20H21ClN2OS. The predicted molar refractivity (Wildman–Crippen MR) is 104 cm³/mol. The highest BCUT2D eigenvalue weighted by Gasteiger charge is 2.19. The summed E-state index contributed by atoms with van der Waals surface area (Å²) in [5.74, 6) is 0.873. The SMILES string of the molecule is CCN(C(=O)CCSc1ccc(Cl)cc1)C(C)c1ccc(C#N)cc1. The average molecular weight is 373 g/mol. The summed E-state index contributed by atoms with van der Waals surface area (Å²) >= 11 is 7.54. The van der Waals surface area contributed by atoms with Gasteiger partial charge in [0.2, 0.25) is 5.91 Å². The number of nitriles is 1. The molecule has 1 unspecified atom stereocenters. The number of hydrogen-bond donors (Lipinski definition) is 0. The van der Waals surface area contributed by atoms with Gasteiger partial charge in [0.15, 0.2) is 0 Å². The summed E-state index contributed by atoms with van der Waals surface area (Å²) in [5.41, 5.74) is 1.67. The molecule has 0 N–H and O–H groups in total. The first-order chi connectivity index (χ1) is 12.0. The predicted octanol–water partition coefficient (Wildman–Crippen LogP) is 5.30. The van der Waals surface area contributed by atoms with Crippen molar-refractivity contribution < 1.29 is 4.79 Å². The van der Waals surface area contributed by atoms with E-state index >= 15 is 0 Å². The molecule has 2 aromatic carbocycles. The molecule has 130 valence electrons. The van der Waals surface area contributed by atoms with Gasteiger partial charge in [-0.2, -0.15) is 5.26 Å². The van der Waals surface area contributed by atoms with Gasteiger partial charge in [0, 0.05) is 28.6 Å². The van der Waals surface area contributed by atoms with E-state index in [0.29, 0.717) is 23.6 Å². The van der Waals surface area contributed by atoms with Crippen LogP contribution in [0.15, 0.2) is 53.4 Å². The molecule has 0 saturated heterocycles. The summed E-state index contributed by atoms with van der Waals surface area (Å²) in [6.07, 6.45) is 0.488. The second-order valence-corrected chi connectivity index (χ2v) is 7.25. The Morgan fingerprint density at radius 2 is 1.84 bits per heavy atom. The maximum Gasteiger partial charge on any atom is 0.223 e. The smallest absolute Gasteiger partial charge is 0.223 e. The van der Waals surface area contributed by atoms with E-state index in [0.717, 1.165) is 16.2 Å². The third-order valence-corrected chi connectivity index (χ3v) is 5.31. The Kier molecular flexibility index (Phi) is 7.36. The van der Waals surface area contributed by atoms with Crippen molar-refractivity contribution in [3.8, 4) is 6.07 Å². The zero-order valence-corrected chi connectivity index (χ0v) is 16.0. The highest BCUT2D eigenvalue weighted by molar-refractivity contribution is 7.99. The van der Waals surface area contributed by atoms with Gasteiger partial charge in [0.1, 0.15) is 0 Å². The number of thioether (sulfide) groups is 1. The van der Waals surface area contributed by atoms with Crippen LogP contribution in [0.25, 0.3) is 0 Å². The number of amides is 1. The zero-order valence-electron chi connectivity index (χ0n) is 14.4. The normalized spacial score (nSPS) is 11.6. The van der Waals surface area contributed by atoms with Gasteiger partial charge in [0.25, 0.3) is 0 Å². The fourth-order valence-electron chi connectivity index (χ4n) is 2.61. The van der Waals surface area contributed by atoms with Crippen molar-refractivity contribution in [1.82, 2.24) is 4.90 Å². The minimum Gasteiger partial charge on any atom is -0.336 e. The highest BCUT2D eigenvalue weighted by Crippen LogP contribution is 2.24. The first kappa shape index (κ1) is 19.4. The van der Waals surface area contributed by atoms with Crippen molar-refractivity contribution in [2.75, 3.05) is 12.3 Å². The van der Waals surface area contributed by atoms with Gasteiger partial charge in [0.05, 0.1) is 17.7 Å². The third-order valence-electron chi connectivity index (χ3n) is 4.05. The van der Waals surface area contributed by atoms with Crippen LogP contribution in [-0.4, -0.2) is 23.1 Å². The summed E-state index contributed by atoms with van der Waals surface area (Å²) in [7, 11) is 0. The van der Waals surface area contributed by atoms with Crippen molar-refractivity contribution in [2.24, 2.45) is 0 Å². The second-order valence-electron chi connectivity index (χ2n) is 5.64. The van der Waals surface area contributed by atoms with E-state index in [4.69, 9.17) is 16.9 Å². The summed E-state index contributed by atoms with van der Waals surface area (Å²) < 4.78 is 0. The van der Waals surface area contributed by atoms with Crippen LogP contribution in [0, 0.1) is 11.3 Å². The molecule has 0 saturated carbocycles. The number of nitrogens with zero attached hydrogens (tertiary/aromatic N) is 2. The summed E-state index contributed by atoms with van der Waals surface area (Å²) in [4.78, 5) is 15.6. The lowest BCUT2D eigenvalue weighted by molar-refractivity contribution is -0.132. The topological polar surface area (TPSA) is 44.1 Å². The lowest BCUT2D eigenvalue weighted by Crippen LogP contribution is -2.33. The van der Waals surface area contributed by atoms with Gasteiger partial charge in [-0.25, -0.2) is 0 Å². The monoisotopic (exact) mass is 372 g/mol. The number of hydrogen-bond acceptors (Lipinski definition) is 3. The Labute approximate surface area is 158 Å². The van der Waals surface area contributed by atoms with E-state index in [2.05, 4.69) is 6.07 Å². The zero-order chi connectivity index (χ0) is 18.2. The molecule has 0 aromatic heterocycles. The van der Waals surface area contributed by atoms with Crippen LogP contribution in [-0.2, 0) is 4.79 Å². The molecule has 0 aliphatic rings. The van der Waals surface area contributed by atoms with Crippen LogP contribution >= 0.6 is 23.4 Å². The molecule has 0 fully saturated rings. The molecule has 5 heteroatoms. The minimum absolute atomic E-state index is 0.00854. The van der Waals surface area contributed by atoms with Crippen molar-refractivity contribution in [1.29, 1.82) is 5.26 Å². The maximum atomic E-state index is 12.6. The Hall–Kier alpha value is -1.96. The molecule has 0 radical (unpaired) electrons. The van der Waals surface area contributed by atoms with Crippen LogP contribution < -0.4 is 0 Å². The van der Waals surface area contributed by atoms with Crippen LogP contribution in [0.4, 0.5) is 0 Å². The molecule has 0 heterocycles. The highest BCUT2D eigenvalue weighted by atomic mass is 35.5. The number of benzene rings is 2. The van der Waals surface area contributed by atoms with E-state index in [1.165, 1.54) is 0 Å². The molecule has 25 heavy (non-hydrogen) atoms. The van der Waals surface area contributed by atoms with Crippen molar-refractivity contribution in [3.63, 3.8) is 0 Å². The molecule has 0 bridgehead atoms. The Morgan fingerprint density at radius 1 is 1.20 bits per heavy atom. The summed E-state index contributed by atoms with van der Waals surface area (Å²) in [5, 5.41) is 9.61. The molecule has 3 nitrogen and oxygen atoms in total. The fourth-order valence-corrected chi connectivity index (χ4v) is 3.58. The van der Waals surface area contributed by atoms with E-state index in [-0.39, 0.29) is 11.9 Å². The second kappa shape index (κ2) is 9.50. The van der Waals surface area contributed by atoms with Crippen molar-refractivity contribution >= 4 is 29.3 Å². The van der Waals surface area contributed by atoms with Gasteiger partial charge in [-0.3, -0.25) is 4.79 Å². The van der Waals surface area contributed by atoms with E-state index in [1.54, 1.807) is 23.9 Å². The lowest BCUT2D eigenvalue weighted by atomic mass is 10.0. The summed E-state index contributed by atoms with van der Waals surface area (Å²) in [6, 6.07) is 17.2. The Bertz CT molecular complexity index is 738. The molecule has 1 amide bonds. The van der Waals surface area contributed by atoms with E-state index < -0.39 is 0 Å². The van der Waals surface area contributed by atoms with Gasteiger partial charge >= 0.3 is 0 Å². The van der Waals surface area contributed by atoms with Gasteiger partial charge in [-0.15, -0.1) is 11.8 Å². The van der Waals surface area contributed by atoms with Crippen LogP contribution in [0.1, 0.15) is 37.4 Å². The Balaban J connectivity index is 1.92. The quantitative estimate of drug-likeness (QED) is 0.619. The number of carbonyl (C=O) groups excluding carboxylic acids is 1. The first-order valence-electron chi connectivity index (χ1n) is 8.23. The minimum atomic E-state index is -0.00854. The Morgan fingerprint density at radius 3 is 2.40 bits per heavy atom. The summed E-state index contributed by atoms with van der Waals surface area (Å²) in [6.45, 7) is 4.67. The molecule has 2 aromatic rings. The fraction of sp³-hybridized carbons (Fsp3) is 0.300. The standard InChI is InChI=1S/C20H21ClN2OS/c1-3-23(15(2)17-6-4-16(14-22)5-7-17)20(24)12-13-25-19-10-8-18(21)9-11-19/h4-11,15H,3,12-13H2,1-2H3. The molecule has 1 atom stereocenters. The molecule has 0 aliphatic heterocycles. The van der Waals surface area contributed by atoms with Gasteiger partial charge in [-0.1, -0.05) is 23.7 Å². The van der Waals surface area contributed by atoms with Gasteiger partial charge < -0.3 is 4.90 Å². The average Bonchev–Trinajstić information content (AvgIpc) is 2.64. The van der Waals surface area contributed by atoms with Crippen LogP contribution in [0.2, 0.25) is 5.02 Å². The largest absolute Gasteiger partial charge is 0.336 e. The van der Waals surface area contributed by atoms with Crippen molar-refractivity contribution in [3.05, 3.63) is 64.7 Å². The first-order valence-corrected chi connectivity index (χ1v) is 9.59. The number of carbonyl (C=O) groups is 1. The molecule has 0 aliphatic carbocycles. The van der Waals surface area contributed by atoms with Crippen LogP contribution in [0.3, 0.4) is 0 Å². The lowest BCUT2D eigenvalue weighted by Gasteiger charge is -2.28. The van der Waals surface area contributed by atoms with Gasteiger partial charge in [-0.05, 0) is 55.8 Å². The van der Waals surface area contributed by atoms with Crippen LogP contribution in [0.5, 0.6) is 0 Å². The maximum absolute atomic E-state index is 12.6. The third kappa shape index (κ3) is 5.52. The van der Waals surface area contributed by atoms with E-state index in [1.807, 2.05) is 55.1 Å². The van der Waals surface area contributed by atoms with E-state index in [9.17, 15) is 4.79 Å². The van der Waals surface area contributed by atoms with Crippen molar-refractivity contribution in [2.45, 2.75) is 31.2 Å². The molecule has 2 rings (SSSR count). The molecular weight excluding hydrogens is 352 g/mol. The molecule has 0 spiro atoms.